The lowest BCUT2D eigenvalue weighted by Crippen LogP contribution is -2.38. The van der Waals surface area contributed by atoms with Gasteiger partial charge in [-0.05, 0) is 61.9 Å². The molecule has 0 aliphatic carbocycles. The molecule has 7 nitrogen and oxygen atoms in total. The minimum atomic E-state index is -0.145. The van der Waals surface area contributed by atoms with Gasteiger partial charge in [0.25, 0.3) is 5.91 Å². The van der Waals surface area contributed by atoms with E-state index in [1.54, 1.807) is 12.4 Å². The van der Waals surface area contributed by atoms with E-state index in [0.717, 1.165) is 66.1 Å². The molecule has 2 aromatic heterocycles. The van der Waals surface area contributed by atoms with Crippen LogP contribution in [-0.4, -0.2) is 60.2 Å². The van der Waals surface area contributed by atoms with Gasteiger partial charge >= 0.3 is 0 Å². The van der Waals surface area contributed by atoms with E-state index in [4.69, 9.17) is 14.5 Å². The molecule has 1 fully saturated rings. The van der Waals surface area contributed by atoms with Crippen LogP contribution < -0.4 is 10.1 Å². The molecule has 1 saturated heterocycles. The van der Waals surface area contributed by atoms with Crippen LogP contribution in [0.2, 0.25) is 0 Å². The van der Waals surface area contributed by atoms with Crippen molar-refractivity contribution >= 4 is 16.8 Å². The first-order valence-corrected chi connectivity index (χ1v) is 12.8. The van der Waals surface area contributed by atoms with Gasteiger partial charge in [0.2, 0.25) is 0 Å². The molecule has 2 aromatic carbocycles. The number of aromatic nitrogens is 2. The van der Waals surface area contributed by atoms with Gasteiger partial charge in [-0.25, -0.2) is 4.98 Å². The lowest BCUT2D eigenvalue weighted by molar-refractivity contribution is 0.0392. The number of carbonyl (C=O) groups is 1. The van der Waals surface area contributed by atoms with E-state index < -0.39 is 0 Å². The summed E-state index contributed by atoms with van der Waals surface area (Å²) in [6.45, 7) is 3.55. The van der Waals surface area contributed by atoms with Crippen molar-refractivity contribution in [3.8, 4) is 17.0 Å². The number of carbonyl (C=O) groups excluding carboxylic acids is 1. The average Bonchev–Trinajstić information content (AvgIpc) is 2.96. The number of amides is 1. The van der Waals surface area contributed by atoms with Gasteiger partial charge in [-0.3, -0.25) is 14.7 Å². The molecule has 1 aliphatic rings. The van der Waals surface area contributed by atoms with Gasteiger partial charge in [0, 0.05) is 55.7 Å². The van der Waals surface area contributed by atoms with Crippen molar-refractivity contribution in [2.24, 2.45) is 0 Å². The molecule has 0 unspecified atom stereocenters. The lowest BCUT2D eigenvalue weighted by Gasteiger charge is -2.31. The van der Waals surface area contributed by atoms with Gasteiger partial charge in [0.05, 0.1) is 16.8 Å². The average molecular weight is 497 g/mol. The number of likely N-dealkylation sites (N-methyl/N-ethyl adjacent to an activating group) is 1. The van der Waals surface area contributed by atoms with Crippen LogP contribution in [0.1, 0.15) is 28.8 Å². The van der Waals surface area contributed by atoms with Crippen LogP contribution in [0.25, 0.3) is 22.2 Å². The van der Waals surface area contributed by atoms with E-state index in [1.807, 2.05) is 66.7 Å². The normalized spacial score (nSPS) is 14.1. The Balaban J connectivity index is 1.23. The second-order valence-electron chi connectivity index (χ2n) is 9.32. The monoisotopic (exact) mass is 496 g/mol. The maximum Gasteiger partial charge on any atom is 0.252 e. The molecule has 37 heavy (non-hydrogen) atoms. The summed E-state index contributed by atoms with van der Waals surface area (Å²) < 4.78 is 11.5. The highest BCUT2D eigenvalue weighted by atomic mass is 16.5. The van der Waals surface area contributed by atoms with Crippen LogP contribution in [0.5, 0.6) is 5.75 Å². The van der Waals surface area contributed by atoms with Gasteiger partial charge in [-0.2, -0.15) is 0 Å². The molecule has 0 saturated carbocycles. The van der Waals surface area contributed by atoms with Crippen molar-refractivity contribution < 1.29 is 14.3 Å². The van der Waals surface area contributed by atoms with Crippen LogP contribution in [0.3, 0.4) is 0 Å². The summed E-state index contributed by atoms with van der Waals surface area (Å²) in [5.74, 6) is 0.661. The van der Waals surface area contributed by atoms with Crippen LogP contribution in [0.4, 0.5) is 0 Å². The highest BCUT2D eigenvalue weighted by molar-refractivity contribution is 6.07. The minimum Gasteiger partial charge on any atom is -0.492 e. The summed E-state index contributed by atoms with van der Waals surface area (Å²) >= 11 is 0. The highest BCUT2D eigenvalue weighted by Gasteiger charge is 2.18. The number of benzene rings is 2. The molecule has 3 heterocycles. The minimum absolute atomic E-state index is 0.145. The predicted molar refractivity (Wildman–Crippen MR) is 145 cm³/mol. The van der Waals surface area contributed by atoms with Gasteiger partial charge in [0.1, 0.15) is 12.4 Å². The number of para-hydroxylation sites is 1. The van der Waals surface area contributed by atoms with E-state index in [-0.39, 0.29) is 5.91 Å². The van der Waals surface area contributed by atoms with Crippen LogP contribution in [0, 0.1) is 0 Å². The number of nitrogens with zero attached hydrogens (tertiary/aromatic N) is 3. The first-order valence-electron chi connectivity index (χ1n) is 12.8. The van der Waals surface area contributed by atoms with E-state index in [2.05, 4.69) is 22.2 Å². The summed E-state index contributed by atoms with van der Waals surface area (Å²) in [5, 5.41) is 3.89. The Bertz CT molecular complexity index is 1340. The van der Waals surface area contributed by atoms with Gasteiger partial charge in [0.15, 0.2) is 0 Å². The van der Waals surface area contributed by atoms with Crippen molar-refractivity contribution in [1.29, 1.82) is 0 Å². The molecule has 0 radical (unpaired) electrons. The third-order valence-electron chi connectivity index (χ3n) is 6.80. The Morgan fingerprint density at radius 2 is 1.95 bits per heavy atom. The second kappa shape index (κ2) is 12.0. The number of fused-ring (bicyclic) bond motifs is 1. The van der Waals surface area contributed by atoms with Crippen LogP contribution >= 0.6 is 0 Å². The third kappa shape index (κ3) is 6.31. The number of pyridine rings is 2. The molecule has 1 aliphatic heterocycles. The van der Waals surface area contributed by atoms with E-state index in [0.29, 0.717) is 24.8 Å². The Kier molecular flexibility index (Phi) is 8.03. The zero-order valence-electron chi connectivity index (χ0n) is 21.1. The molecule has 0 atom stereocenters. The van der Waals surface area contributed by atoms with Crippen LogP contribution in [0.15, 0.2) is 79.1 Å². The Morgan fingerprint density at radius 3 is 2.78 bits per heavy atom. The molecular weight excluding hydrogens is 464 g/mol. The summed E-state index contributed by atoms with van der Waals surface area (Å²) in [5.41, 5.74) is 3.94. The first kappa shape index (κ1) is 24.9. The second-order valence-corrected chi connectivity index (χ2v) is 9.32. The molecule has 5 rings (SSSR count). The molecule has 1 amide bonds. The molecule has 1 N–H and O–H groups in total. The van der Waals surface area contributed by atoms with Crippen molar-refractivity contribution in [2.75, 3.05) is 33.4 Å². The molecule has 7 heteroatoms. The molecule has 4 aromatic rings. The highest BCUT2D eigenvalue weighted by Crippen LogP contribution is 2.24. The number of nitrogens with one attached hydrogen (secondary N) is 1. The van der Waals surface area contributed by atoms with E-state index >= 15 is 0 Å². The Morgan fingerprint density at radius 1 is 1.08 bits per heavy atom. The van der Waals surface area contributed by atoms with Crippen molar-refractivity contribution in [1.82, 2.24) is 20.2 Å². The SMILES string of the molecule is CN(CCOc1cccc(CNC(=O)c2cc(-c3cccnc3)nc3ccccc23)c1)C1CCOCC1. The summed E-state index contributed by atoms with van der Waals surface area (Å²) in [6, 6.07) is 21.8. The maximum atomic E-state index is 13.3. The summed E-state index contributed by atoms with van der Waals surface area (Å²) in [4.78, 5) is 24.6. The number of hydrogen-bond acceptors (Lipinski definition) is 6. The van der Waals surface area contributed by atoms with Gasteiger partial charge in [-0.1, -0.05) is 30.3 Å². The van der Waals surface area contributed by atoms with Crippen molar-refractivity contribution in [2.45, 2.75) is 25.4 Å². The number of ether oxygens (including phenoxy) is 2. The first-order chi connectivity index (χ1) is 18.2. The summed E-state index contributed by atoms with van der Waals surface area (Å²) in [6.07, 6.45) is 5.62. The van der Waals surface area contributed by atoms with Gasteiger partial charge < -0.3 is 14.8 Å². The molecular formula is C30H32N4O3. The molecule has 0 spiro atoms. The standard InChI is InChI=1S/C30H32N4O3/c1-34(24-11-15-36-16-12-24)14-17-37-25-8-4-6-22(18-25)20-32-30(35)27-19-29(23-7-5-13-31-21-23)33-28-10-3-2-9-26(27)28/h2-10,13,18-19,21,24H,11-12,14-17,20H2,1H3,(H,32,35). The number of hydrogen-bond donors (Lipinski definition) is 1. The number of rotatable bonds is 9. The smallest absolute Gasteiger partial charge is 0.252 e. The fourth-order valence-electron chi connectivity index (χ4n) is 4.66. The zero-order chi connectivity index (χ0) is 25.5. The zero-order valence-corrected chi connectivity index (χ0v) is 21.1. The van der Waals surface area contributed by atoms with Crippen molar-refractivity contribution in [3.05, 3.63) is 90.3 Å². The molecule has 0 bridgehead atoms. The van der Waals surface area contributed by atoms with E-state index in [9.17, 15) is 4.79 Å². The summed E-state index contributed by atoms with van der Waals surface area (Å²) in [7, 11) is 2.15. The Labute approximate surface area is 217 Å². The third-order valence-corrected chi connectivity index (χ3v) is 6.80. The topological polar surface area (TPSA) is 76.6 Å². The van der Waals surface area contributed by atoms with Gasteiger partial charge in [-0.15, -0.1) is 0 Å². The fourth-order valence-corrected chi connectivity index (χ4v) is 4.66. The Hall–Kier alpha value is -3.81. The maximum absolute atomic E-state index is 13.3. The fraction of sp³-hybridized carbons (Fsp3) is 0.300. The largest absolute Gasteiger partial charge is 0.492 e. The quantitative estimate of drug-likeness (QED) is 0.362. The predicted octanol–water partition coefficient (Wildman–Crippen LogP) is 4.72. The molecule has 190 valence electrons. The van der Waals surface area contributed by atoms with Crippen LogP contribution in [-0.2, 0) is 11.3 Å². The van der Waals surface area contributed by atoms with E-state index in [1.165, 1.54) is 0 Å². The van der Waals surface area contributed by atoms with Crippen molar-refractivity contribution in [3.63, 3.8) is 0 Å². The lowest BCUT2D eigenvalue weighted by atomic mass is 10.0.